The van der Waals surface area contributed by atoms with E-state index in [2.05, 4.69) is 12.3 Å². The van der Waals surface area contributed by atoms with Crippen LogP contribution in [0, 0.1) is 0 Å². The van der Waals surface area contributed by atoms with Gasteiger partial charge in [0.25, 0.3) is 0 Å². The van der Waals surface area contributed by atoms with E-state index in [1.807, 2.05) is 11.8 Å². The molecule has 0 aromatic rings. The first-order valence-electron chi connectivity index (χ1n) is 9.04. The number of rotatable bonds is 13. The zero-order valence-electron chi connectivity index (χ0n) is 13.9. The zero-order valence-corrected chi connectivity index (χ0v) is 14.8. The van der Waals surface area contributed by atoms with Crippen molar-refractivity contribution in [3.8, 4) is 0 Å². The van der Waals surface area contributed by atoms with Gasteiger partial charge < -0.3 is 4.74 Å². The molecule has 2 unspecified atom stereocenters. The molecule has 1 saturated heterocycles. The third-order valence-electron chi connectivity index (χ3n) is 4.37. The smallest absolute Gasteiger partial charge is 0.0832 e. The number of thioether (sulfide) groups is 1. The highest BCUT2D eigenvalue weighted by atomic mass is 32.2. The molecule has 126 valence electrons. The molecule has 0 radical (unpaired) electrons. The van der Waals surface area contributed by atoms with Crippen LogP contribution in [0.4, 0.5) is 0 Å². The number of hydrazine groups is 1. The standard InChI is InChI=1S/C17H36N2OS/c1-2-3-4-5-6-7-8-9-10-11-12-16(19-18)17-15-21-14-13-20-17/h16-17,19H,2-15,18H2,1H3. The first-order valence-corrected chi connectivity index (χ1v) is 10.2. The van der Waals surface area contributed by atoms with Gasteiger partial charge in [0.05, 0.1) is 12.7 Å². The SMILES string of the molecule is CCCCCCCCCCCCC(NN)C1CSCCO1. The van der Waals surface area contributed by atoms with E-state index < -0.39 is 0 Å². The Morgan fingerprint density at radius 3 is 2.19 bits per heavy atom. The Balaban J connectivity index is 1.90. The fourth-order valence-electron chi connectivity index (χ4n) is 2.97. The second kappa shape index (κ2) is 13.9. The minimum atomic E-state index is 0.312. The van der Waals surface area contributed by atoms with Crippen LogP contribution in [-0.4, -0.2) is 30.3 Å². The van der Waals surface area contributed by atoms with Gasteiger partial charge in [-0.3, -0.25) is 11.3 Å². The molecule has 1 rings (SSSR count). The van der Waals surface area contributed by atoms with Crippen LogP contribution in [0.5, 0.6) is 0 Å². The fourth-order valence-corrected chi connectivity index (χ4v) is 3.91. The highest BCUT2D eigenvalue weighted by Gasteiger charge is 2.23. The van der Waals surface area contributed by atoms with Crippen molar-refractivity contribution in [2.75, 3.05) is 18.1 Å². The lowest BCUT2D eigenvalue weighted by Gasteiger charge is -2.29. The predicted octanol–water partition coefficient (Wildman–Crippen LogP) is 4.26. The van der Waals surface area contributed by atoms with Crippen LogP contribution in [0.15, 0.2) is 0 Å². The minimum Gasteiger partial charge on any atom is -0.375 e. The van der Waals surface area contributed by atoms with E-state index in [0.717, 1.165) is 24.5 Å². The van der Waals surface area contributed by atoms with Crippen molar-refractivity contribution in [3.05, 3.63) is 0 Å². The van der Waals surface area contributed by atoms with Gasteiger partial charge in [0.2, 0.25) is 0 Å². The maximum atomic E-state index is 5.81. The lowest BCUT2D eigenvalue weighted by molar-refractivity contribution is 0.0441. The van der Waals surface area contributed by atoms with Crippen LogP contribution in [0.1, 0.15) is 77.6 Å². The summed E-state index contributed by atoms with van der Waals surface area (Å²) in [6.45, 7) is 3.16. The van der Waals surface area contributed by atoms with Gasteiger partial charge in [-0.1, -0.05) is 71.1 Å². The molecule has 1 heterocycles. The number of ether oxygens (including phenoxy) is 1. The van der Waals surface area contributed by atoms with Gasteiger partial charge in [-0.15, -0.1) is 0 Å². The first-order chi connectivity index (χ1) is 10.4. The van der Waals surface area contributed by atoms with Gasteiger partial charge in [0, 0.05) is 17.5 Å². The summed E-state index contributed by atoms with van der Waals surface area (Å²) in [5.41, 5.74) is 2.96. The van der Waals surface area contributed by atoms with E-state index in [4.69, 9.17) is 10.6 Å². The average molecular weight is 317 g/mol. The minimum absolute atomic E-state index is 0.312. The Labute approximate surface area is 136 Å². The van der Waals surface area contributed by atoms with Gasteiger partial charge in [0.1, 0.15) is 0 Å². The van der Waals surface area contributed by atoms with Crippen LogP contribution in [0.25, 0.3) is 0 Å². The third-order valence-corrected chi connectivity index (χ3v) is 5.39. The van der Waals surface area contributed by atoms with Gasteiger partial charge in [0.15, 0.2) is 0 Å². The average Bonchev–Trinajstić information content (AvgIpc) is 2.54. The Morgan fingerprint density at radius 2 is 1.67 bits per heavy atom. The summed E-state index contributed by atoms with van der Waals surface area (Å²) >= 11 is 1.98. The number of unbranched alkanes of at least 4 members (excludes halogenated alkanes) is 9. The maximum Gasteiger partial charge on any atom is 0.0832 e. The van der Waals surface area contributed by atoms with E-state index in [1.165, 1.54) is 64.2 Å². The quantitative estimate of drug-likeness (QED) is 0.303. The van der Waals surface area contributed by atoms with Crippen LogP contribution < -0.4 is 11.3 Å². The molecule has 3 N–H and O–H groups in total. The maximum absolute atomic E-state index is 5.81. The predicted molar refractivity (Wildman–Crippen MR) is 94.6 cm³/mol. The number of nitrogens with two attached hydrogens (primary N) is 1. The molecule has 4 heteroatoms. The molecule has 0 spiro atoms. The molecule has 0 aromatic carbocycles. The molecular weight excluding hydrogens is 280 g/mol. The van der Waals surface area contributed by atoms with E-state index in [1.54, 1.807) is 0 Å². The van der Waals surface area contributed by atoms with E-state index >= 15 is 0 Å². The molecule has 0 bridgehead atoms. The summed E-state index contributed by atoms with van der Waals surface area (Å²) < 4.78 is 5.81. The molecule has 0 saturated carbocycles. The number of hydrogen-bond donors (Lipinski definition) is 2. The molecular formula is C17H36N2OS. The first kappa shape index (κ1) is 19.3. The Morgan fingerprint density at radius 1 is 1.05 bits per heavy atom. The molecule has 21 heavy (non-hydrogen) atoms. The molecule has 1 aliphatic heterocycles. The van der Waals surface area contributed by atoms with E-state index in [0.29, 0.717) is 12.1 Å². The molecule has 1 aliphatic rings. The van der Waals surface area contributed by atoms with Crippen molar-refractivity contribution in [3.63, 3.8) is 0 Å². The number of hydrogen-bond acceptors (Lipinski definition) is 4. The van der Waals surface area contributed by atoms with Crippen LogP contribution in [0.2, 0.25) is 0 Å². The largest absolute Gasteiger partial charge is 0.375 e. The number of nitrogens with one attached hydrogen (secondary N) is 1. The highest BCUT2D eigenvalue weighted by Crippen LogP contribution is 2.19. The van der Waals surface area contributed by atoms with Crippen molar-refractivity contribution in [1.29, 1.82) is 0 Å². The lowest BCUT2D eigenvalue weighted by Crippen LogP contribution is -2.47. The van der Waals surface area contributed by atoms with Crippen molar-refractivity contribution in [1.82, 2.24) is 5.43 Å². The van der Waals surface area contributed by atoms with Crippen molar-refractivity contribution in [2.24, 2.45) is 5.84 Å². The third kappa shape index (κ3) is 9.77. The zero-order chi connectivity index (χ0) is 15.2. The molecule has 0 amide bonds. The van der Waals surface area contributed by atoms with Crippen LogP contribution in [-0.2, 0) is 4.74 Å². The summed E-state index contributed by atoms with van der Waals surface area (Å²) in [6.07, 6.45) is 15.3. The Hall–Kier alpha value is 0.230. The van der Waals surface area contributed by atoms with E-state index in [-0.39, 0.29) is 0 Å². The van der Waals surface area contributed by atoms with E-state index in [9.17, 15) is 0 Å². The molecule has 1 fully saturated rings. The van der Waals surface area contributed by atoms with Crippen molar-refractivity contribution in [2.45, 2.75) is 89.7 Å². The Bertz CT molecular complexity index is 223. The molecule has 0 aromatic heterocycles. The van der Waals surface area contributed by atoms with Gasteiger partial charge in [-0.2, -0.15) is 11.8 Å². The summed E-state index contributed by atoms with van der Waals surface area (Å²) in [4.78, 5) is 0. The second-order valence-corrected chi connectivity index (χ2v) is 7.38. The summed E-state index contributed by atoms with van der Waals surface area (Å²) in [6, 6.07) is 0.340. The van der Waals surface area contributed by atoms with Gasteiger partial charge in [-0.05, 0) is 6.42 Å². The second-order valence-electron chi connectivity index (χ2n) is 6.23. The molecule has 2 atom stereocenters. The molecule has 0 aliphatic carbocycles. The van der Waals surface area contributed by atoms with Gasteiger partial charge in [-0.25, -0.2) is 0 Å². The van der Waals surface area contributed by atoms with Crippen molar-refractivity contribution >= 4 is 11.8 Å². The van der Waals surface area contributed by atoms with Crippen LogP contribution >= 0.6 is 11.8 Å². The van der Waals surface area contributed by atoms with Gasteiger partial charge >= 0.3 is 0 Å². The lowest BCUT2D eigenvalue weighted by atomic mass is 10.0. The highest BCUT2D eigenvalue weighted by molar-refractivity contribution is 7.99. The Kier molecular flexibility index (Phi) is 12.7. The normalized spacial score (nSPS) is 20.6. The summed E-state index contributed by atoms with van der Waals surface area (Å²) in [5.74, 6) is 7.91. The molecule has 3 nitrogen and oxygen atoms in total. The topological polar surface area (TPSA) is 47.3 Å². The fraction of sp³-hybridized carbons (Fsp3) is 1.00. The summed E-state index contributed by atoms with van der Waals surface area (Å²) in [7, 11) is 0. The van der Waals surface area contributed by atoms with Crippen LogP contribution in [0.3, 0.4) is 0 Å². The summed E-state index contributed by atoms with van der Waals surface area (Å²) in [5, 5.41) is 0. The monoisotopic (exact) mass is 316 g/mol. The van der Waals surface area contributed by atoms with Crippen molar-refractivity contribution < 1.29 is 4.74 Å².